The molecular formula is C29H19ClFN3O3S. The highest BCUT2D eigenvalue weighted by molar-refractivity contribution is 8.04. The van der Waals surface area contributed by atoms with Crippen LogP contribution in [0, 0.1) is 5.82 Å². The second-order valence-electron chi connectivity index (χ2n) is 8.18. The predicted molar refractivity (Wildman–Crippen MR) is 148 cm³/mol. The SMILES string of the molecule is O=C(Nc1cccc(SC2=C(Nc3ccccc3)C(=O)N(c3ccc(F)cc3)C2=O)c1)c1ccccc1Cl. The maximum atomic E-state index is 13.5. The predicted octanol–water partition coefficient (Wildman–Crippen LogP) is 6.72. The summed E-state index contributed by atoms with van der Waals surface area (Å²) < 4.78 is 13.5. The van der Waals surface area contributed by atoms with Gasteiger partial charge in [-0.1, -0.05) is 59.8 Å². The lowest BCUT2D eigenvalue weighted by molar-refractivity contribution is -0.120. The number of carbonyl (C=O) groups excluding carboxylic acids is 3. The second kappa shape index (κ2) is 10.9. The summed E-state index contributed by atoms with van der Waals surface area (Å²) in [6.45, 7) is 0. The number of para-hydroxylation sites is 1. The first kappa shape index (κ1) is 25.3. The molecule has 188 valence electrons. The smallest absolute Gasteiger partial charge is 0.283 e. The first-order chi connectivity index (χ1) is 18.4. The second-order valence-corrected chi connectivity index (χ2v) is 9.67. The molecule has 5 rings (SSSR count). The molecule has 4 aromatic carbocycles. The van der Waals surface area contributed by atoms with E-state index in [-0.39, 0.29) is 22.2 Å². The minimum absolute atomic E-state index is 0.0982. The highest BCUT2D eigenvalue weighted by Crippen LogP contribution is 2.38. The molecular weight excluding hydrogens is 525 g/mol. The van der Waals surface area contributed by atoms with Crippen LogP contribution in [0.2, 0.25) is 5.02 Å². The van der Waals surface area contributed by atoms with Gasteiger partial charge in [0.05, 0.1) is 16.3 Å². The van der Waals surface area contributed by atoms with E-state index in [4.69, 9.17) is 11.6 Å². The van der Waals surface area contributed by atoms with E-state index in [1.165, 1.54) is 24.3 Å². The molecule has 0 saturated carbocycles. The minimum atomic E-state index is -0.559. The van der Waals surface area contributed by atoms with E-state index >= 15 is 0 Å². The summed E-state index contributed by atoms with van der Waals surface area (Å²) in [5.74, 6) is -1.96. The number of halogens is 2. The first-order valence-corrected chi connectivity index (χ1v) is 12.6. The van der Waals surface area contributed by atoms with Crippen LogP contribution in [0.4, 0.5) is 21.5 Å². The topological polar surface area (TPSA) is 78.5 Å². The van der Waals surface area contributed by atoms with Crippen molar-refractivity contribution in [3.8, 4) is 0 Å². The van der Waals surface area contributed by atoms with E-state index in [0.29, 0.717) is 26.9 Å². The molecule has 0 bridgehead atoms. The Balaban J connectivity index is 1.45. The molecule has 3 amide bonds. The van der Waals surface area contributed by atoms with Crippen LogP contribution in [-0.2, 0) is 9.59 Å². The largest absolute Gasteiger partial charge is 0.350 e. The average Bonchev–Trinajstić information content (AvgIpc) is 3.14. The molecule has 6 nitrogen and oxygen atoms in total. The number of nitrogens with zero attached hydrogens (tertiary/aromatic N) is 1. The molecule has 1 aliphatic heterocycles. The van der Waals surface area contributed by atoms with E-state index < -0.39 is 17.6 Å². The van der Waals surface area contributed by atoms with Crippen molar-refractivity contribution in [3.05, 3.63) is 130 Å². The summed E-state index contributed by atoms with van der Waals surface area (Å²) in [6, 6.07) is 27.8. The van der Waals surface area contributed by atoms with Gasteiger partial charge >= 0.3 is 0 Å². The zero-order chi connectivity index (χ0) is 26.6. The van der Waals surface area contributed by atoms with E-state index in [9.17, 15) is 18.8 Å². The number of hydrogen-bond acceptors (Lipinski definition) is 5. The Bertz CT molecular complexity index is 1580. The van der Waals surface area contributed by atoms with Crippen molar-refractivity contribution in [1.82, 2.24) is 0 Å². The zero-order valence-corrected chi connectivity index (χ0v) is 21.2. The fourth-order valence-corrected chi connectivity index (χ4v) is 5.01. The number of carbonyl (C=O) groups is 3. The molecule has 0 fully saturated rings. The number of nitrogens with one attached hydrogen (secondary N) is 2. The maximum Gasteiger partial charge on any atom is 0.283 e. The van der Waals surface area contributed by atoms with E-state index in [1.54, 1.807) is 72.8 Å². The number of benzene rings is 4. The molecule has 0 atom stereocenters. The molecule has 1 heterocycles. The fraction of sp³-hybridized carbons (Fsp3) is 0. The highest BCUT2D eigenvalue weighted by atomic mass is 35.5. The van der Waals surface area contributed by atoms with Crippen LogP contribution >= 0.6 is 23.4 Å². The van der Waals surface area contributed by atoms with Gasteiger partial charge < -0.3 is 10.6 Å². The molecule has 2 N–H and O–H groups in total. The molecule has 0 aromatic heterocycles. The van der Waals surface area contributed by atoms with E-state index in [2.05, 4.69) is 10.6 Å². The Morgan fingerprint density at radius 3 is 2.21 bits per heavy atom. The summed E-state index contributed by atoms with van der Waals surface area (Å²) in [7, 11) is 0. The molecule has 0 unspecified atom stereocenters. The van der Waals surface area contributed by atoms with Crippen LogP contribution in [0.5, 0.6) is 0 Å². The molecule has 0 saturated heterocycles. The molecule has 0 aliphatic carbocycles. The van der Waals surface area contributed by atoms with Crippen LogP contribution in [0.1, 0.15) is 10.4 Å². The third-order valence-electron chi connectivity index (χ3n) is 5.60. The Hall–Kier alpha value is -4.40. The van der Waals surface area contributed by atoms with Crippen LogP contribution in [0.3, 0.4) is 0 Å². The van der Waals surface area contributed by atoms with E-state index in [1.807, 2.05) is 6.07 Å². The monoisotopic (exact) mass is 543 g/mol. The number of thioether (sulfide) groups is 1. The van der Waals surface area contributed by atoms with Crippen LogP contribution in [0.25, 0.3) is 0 Å². The van der Waals surface area contributed by atoms with Gasteiger partial charge in [-0.25, -0.2) is 9.29 Å². The summed E-state index contributed by atoms with van der Waals surface area (Å²) in [5.41, 5.74) is 1.80. The lowest BCUT2D eigenvalue weighted by Gasteiger charge is -2.15. The molecule has 4 aromatic rings. The Morgan fingerprint density at radius 2 is 1.47 bits per heavy atom. The lowest BCUT2D eigenvalue weighted by atomic mass is 10.2. The first-order valence-electron chi connectivity index (χ1n) is 11.5. The maximum absolute atomic E-state index is 13.5. The Labute approximate surface area is 227 Å². The van der Waals surface area contributed by atoms with Gasteiger partial charge in [0.15, 0.2) is 0 Å². The third kappa shape index (κ3) is 5.32. The molecule has 9 heteroatoms. The van der Waals surface area contributed by atoms with Crippen molar-refractivity contribution in [2.75, 3.05) is 15.5 Å². The number of imide groups is 1. The number of hydrogen-bond donors (Lipinski definition) is 2. The third-order valence-corrected chi connectivity index (χ3v) is 7.00. The Kier molecular flexibility index (Phi) is 7.26. The highest BCUT2D eigenvalue weighted by Gasteiger charge is 2.40. The van der Waals surface area contributed by atoms with Gasteiger partial charge in [0.25, 0.3) is 17.7 Å². The van der Waals surface area contributed by atoms with Crippen LogP contribution in [-0.4, -0.2) is 17.7 Å². The molecule has 38 heavy (non-hydrogen) atoms. The number of anilines is 3. The summed E-state index contributed by atoms with van der Waals surface area (Å²) in [4.78, 5) is 41.4. The number of amides is 3. The zero-order valence-electron chi connectivity index (χ0n) is 19.7. The summed E-state index contributed by atoms with van der Waals surface area (Å²) in [6.07, 6.45) is 0. The average molecular weight is 544 g/mol. The summed E-state index contributed by atoms with van der Waals surface area (Å²) in [5, 5.41) is 6.20. The van der Waals surface area contributed by atoms with Gasteiger partial charge in [0.2, 0.25) is 0 Å². The molecule has 0 spiro atoms. The van der Waals surface area contributed by atoms with Crippen LogP contribution < -0.4 is 15.5 Å². The van der Waals surface area contributed by atoms with Crippen molar-refractivity contribution in [2.24, 2.45) is 0 Å². The van der Waals surface area contributed by atoms with Crippen LogP contribution in [0.15, 0.2) is 119 Å². The van der Waals surface area contributed by atoms with Gasteiger partial charge in [-0.05, 0) is 66.7 Å². The minimum Gasteiger partial charge on any atom is -0.350 e. The lowest BCUT2D eigenvalue weighted by Crippen LogP contribution is -2.32. The standard InChI is InChI=1S/C29H19ClFN3O3S/c30-24-12-5-4-11-23(24)27(35)33-20-9-6-10-22(17-20)38-26-25(32-19-7-2-1-3-8-19)28(36)34(29(26)37)21-15-13-18(31)14-16-21/h1-17,32H,(H,33,35). The summed E-state index contributed by atoms with van der Waals surface area (Å²) >= 11 is 7.23. The van der Waals surface area contributed by atoms with Crippen molar-refractivity contribution in [2.45, 2.75) is 4.90 Å². The van der Waals surface area contributed by atoms with Crippen molar-refractivity contribution < 1.29 is 18.8 Å². The molecule has 1 aliphatic rings. The van der Waals surface area contributed by atoms with Gasteiger partial charge in [-0.2, -0.15) is 0 Å². The van der Waals surface area contributed by atoms with Gasteiger partial charge in [-0.3, -0.25) is 14.4 Å². The number of rotatable bonds is 7. The van der Waals surface area contributed by atoms with E-state index in [0.717, 1.165) is 16.7 Å². The van der Waals surface area contributed by atoms with Crippen molar-refractivity contribution in [3.63, 3.8) is 0 Å². The normalized spacial score (nSPS) is 13.2. The van der Waals surface area contributed by atoms with Gasteiger partial charge in [-0.15, -0.1) is 0 Å². The van der Waals surface area contributed by atoms with Crippen molar-refractivity contribution in [1.29, 1.82) is 0 Å². The Morgan fingerprint density at radius 1 is 0.789 bits per heavy atom. The van der Waals surface area contributed by atoms with Gasteiger partial charge in [0.1, 0.15) is 16.4 Å². The quantitative estimate of drug-likeness (QED) is 0.253. The molecule has 0 radical (unpaired) electrons. The van der Waals surface area contributed by atoms with Gasteiger partial charge in [0, 0.05) is 16.3 Å². The fourth-order valence-electron chi connectivity index (χ4n) is 3.80. The van der Waals surface area contributed by atoms with Crippen molar-refractivity contribution >= 4 is 58.1 Å².